The standard InChI is InChI=1S/C27H34O2S2/c1-6-7-8-9-10-19-16-24-23(26(2,3)18-27(4,5)31-24)15-20(19)11-12-21-13-14-22(30-21)17-25(28)29/h13-16H,6-10,17-18H2,1-5H3,(H,28,29). The molecule has 1 aliphatic heterocycles. The fourth-order valence-electron chi connectivity index (χ4n) is 4.61. The molecule has 2 aromatic rings. The van der Waals surface area contributed by atoms with Gasteiger partial charge < -0.3 is 5.11 Å². The maximum Gasteiger partial charge on any atom is 0.308 e. The van der Waals surface area contributed by atoms with Crippen LogP contribution in [0.25, 0.3) is 0 Å². The van der Waals surface area contributed by atoms with E-state index in [1.807, 2.05) is 23.9 Å². The van der Waals surface area contributed by atoms with Gasteiger partial charge in [0.1, 0.15) is 0 Å². The first kappa shape index (κ1) is 24.0. The van der Waals surface area contributed by atoms with Gasteiger partial charge in [-0.1, -0.05) is 65.7 Å². The van der Waals surface area contributed by atoms with Gasteiger partial charge in [0.15, 0.2) is 0 Å². The summed E-state index contributed by atoms with van der Waals surface area (Å²) in [5.74, 6) is 5.97. The van der Waals surface area contributed by atoms with E-state index in [-0.39, 0.29) is 16.6 Å². The molecule has 4 heteroatoms. The van der Waals surface area contributed by atoms with Crippen molar-refractivity contribution in [2.24, 2.45) is 0 Å². The van der Waals surface area contributed by atoms with Crippen LogP contribution in [-0.2, 0) is 23.1 Å². The molecule has 1 aromatic heterocycles. The third kappa shape index (κ3) is 6.40. The second-order valence-electron chi connectivity index (χ2n) is 9.83. The average molecular weight is 455 g/mol. The minimum atomic E-state index is -0.798. The summed E-state index contributed by atoms with van der Waals surface area (Å²) in [5, 5.41) is 9.01. The van der Waals surface area contributed by atoms with Crippen LogP contribution in [-0.4, -0.2) is 15.8 Å². The SMILES string of the molecule is CCCCCCc1cc2c(cc1C#Cc1ccc(CC(=O)O)s1)C(C)(C)CC(C)(C)S2. The number of hydrogen-bond donors (Lipinski definition) is 1. The topological polar surface area (TPSA) is 37.3 Å². The van der Waals surface area contributed by atoms with Crippen molar-refractivity contribution in [1.29, 1.82) is 0 Å². The summed E-state index contributed by atoms with van der Waals surface area (Å²) in [7, 11) is 0. The lowest BCUT2D eigenvalue weighted by Crippen LogP contribution is -2.33. The Morgan fingerprint density at radius 1 is 1.10 bits per heavy atom. The van der Waals surface area contributed by atoms with Crippen LogP contribution in [0.3, 0.4) is 0 Å². The second-order valence-corrected chi connectivity index (χ2v) is 12.7. The van der Waals surface area contributed by atoms with E-state index < -0.39 is 5.97 Å². The number of hydrogen-bond acceptors (Lipinski definition) is 3. The Morgan fingerprint density at radius 3 is 2.58 bits per heavy atom. The summed E-state index contributed by atoms with van der Waals surface area (Å²) in [6.07, 6.45) is 7.25. The van der Waals surface area contributed by atoms with Crippen molar-refractivity contribution in [3.8, 4) is 11.8 Å². The molecular formula is C27H34O2S2. The first-order valence-electron chi connectivity index (χ1n) is 11.3. The fourth-order valence-corrected chi connectivity index (χ4v) is 7.14. The highest BCUT2D eigenvalue weighted by Crippen LogP contribution is 2.51. The van der Waals surface area contributed by atoms with Crippen molar-refractivity contribution in [3.63, 3.8) is 0 Å². The summed E-state index contributed by atoms with van der Waals surface area (Å²) in [6.45, 7) is 11.6. The number of thioether (sulfide) groups is 1. The highest BCUT2D eigenvalue weighted by Gasteiger charge is 2.38. The van der Waals surface area contributed by atoms with Gasteiger partial charge in [0.25, 0.3) is 0 Å². The Kier molecular flexibility index (Phi) is 7.60. The molecule has 0 bridgehead atoms. The second kappa shape index (κ2) is 9.84. The van der Waals surface area contributed by atoms with Crippen molar-refractivity contribution in [2.45, 2.75) is 94.6 Å². The van der Waals surface area contributed by atoms with Gasteiger partial charge in [-0.2, -0.15) is 0 Å². The molecule has 0 atom stereocenters. The van der Waals surface area contributed by atoms with Crippen LogP contribution in [0.15, 0.2) is 29.2 Å². The minimum absolute atomic E-state index is 0.0646. The molecule has 0 fully saturated rings. The Morgan fingerprint density at radius 2 is 1.87 bits per heavy atom. The number of aryl methyl sites for hydroxylation is 1. The first-order chi connectivity index (χ1) is 14.6. The molecule has 2 nitrogen and oxygen atoms in total. The molecule has 1 aliphatic rings. The molecule has 0 unspecified atom stereocenters. The van der Waals surface area contributed by atoms with Crippen molar-refractivity contribution in [2.75, 3.05) is 0 Å². The lowest BCUT2D eigenvalue weighted by Gasteiger charge is -2.42. The van der Waals surface area contributed by atoms with Crippen molar-refractivity contribution < 1.29 is 9.90 Å². The van der Waals surface area contributed by atoms with Gasteiger partial charge in [0.2, 0.25) is 0 Å². The van der Waals surface area contributed by atoms with Crippen LogP contribution >= 0.6 is 23.1 Å². The molecule has 0 saturated carbocycles. The highest BCUT2D eigenvalue weighted by molar-refractivity contribution is 8.00. The van der Waals surface area contributed by atoms with E-state index in [0.717, 1.165) is 28.2 Å². The molecule has 3 rings (SSSR count). The van der Waals surface area contributed by atoms with Gasteiger partial charge >= 0.3 is 5.97 Å². The Bertz CT molecular complexity index is 1000. The summed E-state index contributed by atoms with van der Waals surface area (Å²) >= 11 is 3.49. The first-order valence-corrected chi connectivity index (χ1v) is 12.9. The lowest BCUT2D eigenvalue weighted by atomic mass is 9.76. The van der Waals surface area contributed by atoms with Crippen LogP contribution in [0.1, 0.15) is 93.2 Å². The molecule has 166 valence electrons. The van der Waals surface area contributed by atoms with Gasteiger partial charge in [-0.15, -0.1) is 23.1 Å². The van der Waals surface area contributed by atoms with E-state index in [9.17, 15) is 4.79 Å². The predicted octanol–water partition coefficient (Wildman–Crippen LogP) is 7.45. The van der Waals surface area contributed by atoms with E-state index in [4.69, 9.17) is 5.11 Å². The summed E-state index contributed by atoms with van der Waals surface area (Å²) in [6, 6.07) is 8.56. The fraction of sp³-hybridized carbons (Fsp3) is 0.519. The molecule has 0 radical (unpaired) electrons. The molecule has 0 aliphatic carbocycles. The van der Waals surface area contributed by atoms with Gasteiger partial charge in [-0.05, 0) is 60.1 Å². The number of thiophene rings is 1. The number of carbonyl (C=O) groups is 1. The number of unbranched alkanes of at least 4 members (excludes halogenated alkanes) is 3. The maximum atomic E-state index is 11.0. The summed E-state index contributed by atoms with van der Waals surface area (Å²) in [5.41, 5.74) is 4.03. The van der Waals surface area contributed by atoms with Crippen LogP contribution in [0.4, 0.5) is 0 Å². The van der Waals surface area contributed by atoms with E-state index in [2.05, 4.69) is 58.6 Å². The van der Waals surface area contributed by atoms with Crippen LogP contribution in [0.2, 0.25) is 0 Å². The highest BCUT2D eigenvalue weighted by atomic mass is 32.2. The zero-order valence-corrected chi connectivity index (χ0v) is 21.1. The van der Waals surface area contributed by atoms with E-state index in [1.54, 1.807) is 0 Å². The van der Waals surface area contributed by atoms with Gasteiger partial charge in [-0.3, -0.25) is 4.79 Å². The van der Waals surface area contributed by atoms with Crippen molar-refractivity contribution in [3.05, 3.63) is 50.7 Å². The zero-order valence-electron chi connectivity index (χ0n) is 19.4. The smallest absolute Gasteiger partial charge is 0.308 e. The van der Waals surface area contributed by atoms with Crippen LogP contribution < -0.4 is 0 Å². The quantitative estimate of drug-likeness (QED) is 0.349. The molecule has 0 amide bonds. The van der Waals surface area contributed by atoms with Gasteiger partial charge in [0, 0.05) is 20.1 Å². The van der Waals surface area contributed by atoms with E-state index in [1.165, 1.54) is 53.0 Å². The third-order valence-electron chi connectivity index (χ3n) is 5.80. The average Bonchev–Trinajstić information content (AvgIpc) is 3.08. The Balaban J connectivity index is 1.96. The maximum absolute atomic E-state index is 11.0. The Hall–Kier alpha value is -1.70. The zero-order chi connectivity index (χ0) is 22.6. The molecule has 2 heterocycles. The number of carboxylic acids is 1. The molecule has 0 spiro atoms. The molecule has 1 aromatic carbocycles. The van der Waals surface area contributed by atoms with Crippen LogP contribution in [0.5, 0.6) is 0 Å². The predicted molar refractivity (Wildman–Crippen MR) is 134 cm³/mol. The Labute approximate surface area is 195 Å². The third-order valence-corrected chi connectivity index (χ3v) is 8.05. The normalized spacial score (nSPS) is 16.3. The molecule has 31 heavy (non-hydrogen) atoms. The molecule has 1 N–H and O–H groups in total. The van der Waals surface area contributed by atoms with E-state index in [0.29, 0.717) is 0 Å². The number of aliphatic carboxylic acids is 1. The van der Waals surface area contributed by atoms with Crippen molar-refractivity contribution in [1.82, 2.24) is 0 Å². The molecule has 0 saturated heterocycles. The number of benzene rings is 1. The van der Waals surface area contributed by atoms with Crippen LogP contribution in [0, 0.1) is 11.8 Å². The monoisotopic (exact) mass is 454 g/mol. The summed E-state index contributed by atoms with van der Waals surface area (Å²) in [4.78, 5) is 14.2. The number of carboxylic acid groups (broad SMARTS) is 1. The summed E-state index contributed by atoms with van der Waals surface area (Å²) < 4.78 is 0.237. The largest absolute Gasteiger partial charge is 0.481 e. The van der Waals surface area contributed by atoms with Crippen molar-refractivity contribution >= 4 is 29.1 Å². The molecular weight excluding hydrogens is 420 g/mol. The lowest BCUT2D eigenvalue weighted by molar-refractivity contribution is -0.136. The number of fused-ring (bicyclic) bond motifs is 1. The van der Waals surface area contributed by atoms with E-state index >= 15 is 0 Å². The minimum Gasteiger partial charge on any atom is -0.481 e. The van der Waals surface area contributed by atoms with Gasteiger partial charge in [-0.25, -0.2) is 0 Å². The number of rotatable bonds is 7. The van der Waals surface area contributed by atoms with Gasteiger partial charge in [0.05, 0.1) is 11.3 Å².